The van der Waals surface area contributed by atoms with Gasteiger partial charge in [0, 0.05) is 30.9 Å². The Morgan fingerprint density at radius 1 is 1.55 bits per heavy atom. The minimum Gasteiger partial charge on any atom is -0.376 e. The van der Waals surface area contributed by atoms with Gasteiger partial charge in [-0.2, -0.15) is 5.26 Å². The SMILES string of the molecule is CCN(CC1CCCO1)c1cc(C#N)ccc1C(C)=O. The highest BCUT2D eigenvalue weighted by atomic mass is 16.5. The number of benzene rings is 1. The van der Waals surface area contributed by atoms with Crippen molar-refractivity contribution in [3.8, 4) is 6.07 Å². The van der Waals surface area contributed by atoms with Crippen LogP contribution in [0.25, 0.3) is 0 Å². The van der Waals surface area contributed by atoms with Gasteiger partial charge in [0.15, 0.2) is 5.78 Å². The molecule has 1 atom stereocenters. The van der Waals surface area contributed by atoms with Crippen molar-refractivity contribution in [1.29, 1.82) is 5.26 Å². The Morgan fingerprint density at radius 3 is 2.90 bits per heavy atom. The summed E-state index contributed by atoms with van der Waals surface area (Å²) in [5, 5.41) is 9.05. The van der Waals surface area contributed by atoms with E-state index < -0.39 is 0 Å². The fourth-order valence-electron chi connectivity index (χ4n) is 2.59. The molecule has 1 unspecified atom stereocenters. The van der Waals surface area contributed by atoms with Crippen LogP contribution in [-0.2, 0) is 4.74 Å². The molecule has 1 fully saturated rings. The van der Waals surface area contributed by atoms with Gasteiger partial charge in [0.05, 0.1) is 17.7 Å². The van der Waals surface area contributed by atoms with Gasteiger partial charge < -0.3 is 9.64 Å². The highest BCUT2D eigenvalue weighted by Crippen LogP contribution is 2.25. The summed E-state index contributed by atoms with van der Waals surface area (Å²) in [5.74, 6) is 0.0234. The number of anilines is 1. The Labute approximate surface area is 120 Å². The molecule has 0 aliphatic carbocycles. The van der Waals surface area contributed by atoms with Gasteiger partial charge in [0.1, 0.15) is 0 Å². The molecule has 0 spiro atoms. The zero-order chi connectivity index (χ0) is 14.5. The predicted molar refractivity (Wildman–Crippen MR) is 78.0 cm³/mol. The molecule has 0 amide bonds. The largest absolute Gasteiger partial charge is 0.376 e. The third-order valence-corrected chi connectivity index (χ3v) is 3.68. The third-order valence-electron chi connectivity index (χ3n) is 3.68. The molecule has 0 bridgehead atoms. The van der Waals surface area contributed by atoms with Crippen molar-refractivity contribution in [2.24, 2.45) is 0 Å². The monoisotopic (exact) mass is 272 g/mol. The van der Waals surface area contributed by atoms with Crippen molar-refractivity contribution in [2.45, 2.75) is 32.8 Å². The maximum Gasteiger partial charge on any atom is 0.161 e. The average Bonchev–Trinajstić information content (AvgIpc) is 2.97. The first-order valence-electron chi connectivity index (χ1n) is 7.07. The summed E-state index contributed by atoms with van der Waals surface area (Å²) >= 11 is 0. The van der Waals surface area contributed by atoms with Crippen LogP contribution in [-0.4, -0.2) is 31.6 Å². The maximum absolute atomic E-state index is 11.8. The van der Waals surface area contributed by atoms with E-state index in [0.29, 0.717) is 11.1 Å². The molecule has 1 aromatic rings. The third kappa shape index (κ3) is 3.17. The Morgan fingerprint density at radius 2 is 2.35 bits per heavy atom. The highest BCUT2D eigenvalue weighted by Gasteiger charge is 2.21. The van der Waals surface area contributed by atoms with Crippen LogP contribution in [0.1, 0.15) is 42.6 Å². The average molecular weight is 272 g/mol. The number of carbonyl (C=O) groups excluding carboxylic acids is 1. The predicted octanol–water partition coefficient (Wildman–Crippen LogP) is 2.77. The van der Waals surface area contributed by atoms with Gasteiger partial charge in [0.25, 0.3) is 0 Å². The molecule has 0 radical (unpaired) electrons. The molecule has 2 rings (SSSR count). The van der Waals surface area contributed by atoms with Crippen molar-refractivity contribution >= 4 is 11.5 Å². The minimum atomic E-state index is 0.0234. The van der Waals surface area contributed by atoms with E-state index in [0.717, 1.165) is 38.2 Å². The molecule has 1 saturated heterocycles. The van der Waals surface area contributed by atoms with E-state index in [1.54, 1.807) is 25.1 Å². The summed E-state index contributed by atoms with van der Waals surface area (Å²) in [4.78, 5) is 13.9. The number of Topliss-reactive ketones (excluding diaryl/α,β-unsaturated/α-hetero) is 1. The number of hydrogen-bond donors (Lipinski definition) is 0. The minimum absolute atomic E-state index is 0.0234. The maximum atomic E-state index is 11.8. The number of ketones is 1. The van der Waals surface area contributed by atoms with Crippen molar-refractivity contribution in [2.75, 3.05) is 24.6 Å². The first-order chi connectivity index (χ1) is 9.65. The molecular formula is C16H20N2O2. The fraction of sp³-hybridized carbons (Fsp3) is 0.500. The molecule has 20 heavy (non-hydrogen) atoms. The second kappa shape index (κ2) is 6.53. The summed E-state index contributed by atoms with van der Waals surface area (Å²) < 4.78 is 5.67. The van der Waals surface area contributed by atoms with Crippen molar-refractivity contribution in [1.82, 2.24) is 0 Å². The molecule has 1 aliphatic rings. The van der Waals surface area contributed by atoms with Gasteiger partial charge in [-0.05, 0) is 44.9 Å². The smallest absolute Gasteiger partial charge is 0.161 e. The van der Waals surface area contributed by atoms with Gasteiger partial charge in [-0.25, -0.2) is 0 Å². The van der Waals surface area contributed by atoms with E-state index in [2.05, 4.69) is 17.9 Å². The van der Waals surface area contributed by atoms with E-state index >= 15 is 0 Å². The Kier molecular flexibility index (Phi) is 4.75. The van der Waals surface area contributed by atoms with Crippen molar-refractivity contribution < 1.29 is 9.53 Å². The van der Waals surface area contributed by atoms with Gasteiger partial charge in [0.2, 0.25) is 0 Å². The zero-order valence-electron chi connectivity index (χ0n) is 12.1. The van der Waals surface area contributed by atoms with Crippen LogP contribution in [0.2, 0.25) is 0 Å². The summed E-state index contributed by atoms with van der Waals surface area (Å²) in [6, 6.07) is 7.38. The van der Waals surface area contributed by atoms with Crippen LogP contribution in [0, 0.1) is 11.3 Å². The van der Waals surface area contributed by atoms with Crippen LogP contribution in [0.4, 0.5) is 5.69 Å². The number of hydrogen-bond acceptors (Lipinski definition) is 4. The molecule has 4 heteroatoms. The highest BCUT2D eigenvalue weighted by molar-refractivity contribution is 6.00. The quantitative estimate of drug-likeness (QED) is 0.773. The molecule has 1 aliphatic heterocycles. The van der Waals surface area contributed by atoms with Crippen molar-refractivity contribution in [3.05, 3.63) is 29.3 Å². The lowest BCUT2D eigenvalue weighted by Gasteiger charge is -2.27. The summed E-state index contributed by atoms with van der Waals surface area (Å²) in [7, 11) is 0. The van der Waals surface area contributed by atoms with E-state index in [1.807, 2.05) is 0 Å². The van der Waals surface area contributed by atoms with Crippen molar-refractivity contribution in [3.63, 3.8) is 0 Å². The van der Waals surface area contributed by atoms with Gasteiger partial charge in [-0.1, -0.05) is 0 Å². The lowest BCUT2D eigenvalue weighted by molar-refractivity contribution is 0.101. The molecule has 0 aromatic heterocycles. The molecule has 106 valence electrons. The normalized spacial score (nSPS) is 17.8. The molecule has 0 saturated carbocycles. The topological polar surface area (TPSA) is 53.3 Å². The fourth-order valence-corrected chi connectivity index (χ4v) is 2.59. The van der Waals surface area contributed by atoms with E-state index in [1.165, 1.54) is 0 Å². The summed E-state index contributed by atoms with van der Waals surface area (Å²) in [6.07, 6.45) is 2.38. The van der Waals surface area contributed by atoms with Gasteiger partial charge in [-0.15, -0.1) is 0 Å². The summed E-state index contributed by atoms with van der Waals surface area (Å²) in [6.45, 7) is 5.99. The molecule has 1 heterocycles. The number of nitriles is 1. The Bertz CT molecular complexity index is 528. The number of likely N-dealkylation sites (N-methyl/N-ethyl adjacent to an activating group) is 1. The number of ether oxygens (including phenoxy) is 1. The second-order valence-corrected chi connectivity index (χ2v) is 5.07. The van der Waals surface area contributed by atoms with E-state index in [9.17, 15) is 4.79 Å². The van der Waals surface area contributed by atoms with E-state index in [-0.39, 0.29) is 11.9 Å². The first kappa shape index (κ1) is 14.5. The second-order valence-electron chi connectivity index (χ2n) is 5.07. The van der Waals surface area contributed by atoms with Gasteiger partial charge in [-0.3, -0.25) is 4.79 Å². The molecule has 1 aromatic carbocycles. The van der Waals surface area contributed by atoms with Crippen LogP contribution in [0.5, 0.6) is 0 Å². The van der Waals surface area contributed by atoms with Crippen LogP contribution < -0.4 is 4.90 Å². The van der Waals surface area contributed by atoms with Crippen LogP contribution in [0.3, 0.4) is 0 Å². The lowest BCUT2D eigenvalue weighted by Crippen LogP contribution is -2.33. The van der Waals surface area contributed by atoms with Crippen LogP contribution >= 0.6 is 0 Å². The number of carbonyl (C=O) groups is 1. The number of nitrogens with zero attached hydrogens (tertiary/aromatic N) is 2. The standard InChI is InChI=1S/C16H20N2O2/c1-3-18(11-14-5-4-8-20-14)16-9-13(10-17)6-7-15(16)12(2)19/h6-7,9,14H,3-5,8,11H2,1-2H3. The number of rotatable bonds is 5. The summed E-state index contributed by atoms with van der Waals surface area (Å²) in [5.41, 5.74) is 2.09. The Hall–Kier alpha value is -1.86. The molecule has 0 N–H and O–H groups in total. The van der Waals surface area contributed by atoms with Crippen LogP contribution in [0.15, 0.2) is 18.2 Å². The molecular weight excluding hydrogens is 252 g/mol. The Balaban J connectivity index is 2.30. The zero-order valence-corrected chi connectivity index (χ0v) is 12.1. The lowest BCUT2D eigenvalue weighted by atomic mass is 10.0. The first-order valence-corrected chi connectivity index (χ1v) is 7.07. The van der Waals surface area contributed by atoms with E-state index in [4.69, 9.17) is 10.00 Å². The molecule has 4 nitrogen and oxygen atoms in total. The van der Waals surface area contributed by atoms with Gasteiger partial charge >= 0.3 is 0 Å².